The van der Waals surface area contributed by atoms with Gasteiger partial charge in [0.1, 0.15) is 5.01 Å². The SMILES string of the molecule is Cc1csc(CNC(=O)[C@@H](N)Cc2ccccc2)n1. The quantitative estimate of drug-likeness (QED) is 0.871. The van der Waals surface area contributed by atoms with E-state index in [0.29, 0.717) is 13.0 Å². The van der Waals surface area contributed by atoms with Gasteiger partial charge in [0, 0.05) is 11.1 Å². The lowest BCUT2D eigenvalue weighted by atomic mass is 10.1. The van der Waals surface area contributed by atoms with Crippen LogP contribution in [0.25, 0.3) is 0 Å². The van der Waals surface area contributed by atoms with Crippen LogP contribution in [0.2, 0.25) is 0 Å². The number of amides is 1. The summed E-state index contributed by atoms with van der Waals surface area (Å²) in [5, 5.41) is 5.68. The number of nitrogens with two attached hydrogens (primary N) is 1. The lowest BCUT2D eigenvalue weighted by Gasteiger charge is -2.11. The smallest absolute Gasteiger partial charge is 0.237 e. The van der Waals surface area contributed by atoms with E-state index in [0.717, 1.165) is 16.3 Å². The average molecular weight is 275 g/mol. The summed E-state index contributed by atoms with van der Waals surface area (Å²) in [4.78, 5) is 16.2. The maximum Gasteiger partial charge on any atom is 0.237 e. The highest BCUT2D eigenvalue weighted by Gasteiger charge is 2.14. The summed E-state index contributed by atoms with van der Waals surface area (Å²) in [5.41, 5.74) is 7.93. The van der Waals surface area contributed by atoms with Crippen LogP contribution in [0.1, 0.15) is 16.3 Å². The highest BCUT2D eigenvalue weighted by atomic mass is 32.1. The van der Waals surface area contributed by atoms with Gasteiger partial charge < -0.3 is 11.1 Å². The van der Waals surface area contributed by atoms with Crippen LogP contribution in [0, 0.1) is 6.92 Å². The molecule has 0 aliphatic rings. The fourth-order valence-corrected chi connectivity index (χ4v) is 2.45. The number of nitrogens with zero attached hydrogens (tertiary/aromatic N) is 1. The Labute approximate surface area is 116 Å². The first-order chi connectivity index (χ1) is 9.15. The Kier molecular flexibility index (Phi) is 4.65. The highest BCUT2D eigenvalue weighted by Crippen LogP contribution is 2.08. The van der Waals surface area contributed by atoms with Gasteiger partial charge in [0.15, 0.2) is 0 Å². The molecule has 1 aromatic carbocycles. The molecular weight excluding hydrogens is 258 g/mol. The topological polar surface area (TPSA) is 68.0 Å². The summed E-state index contributed by atoms with van der Waals surface area (Å²) >= 11 is 1.54. The van der Waals surface area contributed by atoms with E-state index in [2.05, 4.69) is 10.3 Å². The minimum Gasteiger partial charge on any atom is -0.348 e. The van der Waals surface area contributed by atoms with Gasteiger partial charge in [-0.05, 0) is 18.9 Å². The lowest BCUT2D eigenvalue weighted by molar-refractivity contribution is -0.122. The minimum absolute atomic E-state index is 0.142. The van der Waals surface area contributed by atoms with Gasteiger partial charge in [-0.1, -0.05) is 30.3 Å². The molecule has 0 saturated heterocycles. The van der Waals surface area contributed by atoms with Crippen molar-refractivity contribution in [1.82, 2.24) is 10.3 Å². The maximum absolute atomic E-state index is 11.9. The van der Waals surface area contributed by atoms with Crippen molar-refractivity contribution in [1.29, 1.82) is 0 Å². The van der Waals surface area contributed by atoms with Crippen molar-refractivity contribution in [2.45, 2.75) is 25.9 Å². The van der Waals surface area contributed by atoms with E-state index >= 15 is 0 Å². The molecule has 0 spiro atoms. The summed E-state index contributed by atoms with van der Waals surface area (Å²) in [7, 11) is 0. The third-order valence-electron chi connectivity index (χ3n) is 2.72. The molecule has 0 aliphatic heterocycles. The van der Waals surface area contributed by atoms with Crippen molar-refractivity contribution in [2.75, 3.05) is 0 Å². The van der Waals surface area contributed by atoms with Crippen molar-refractivity contribution in [3.63, 3.8) is 0 Å². The molecule has 0 radical (unpaired) electrons. The molecule has 2 aromatic rings. The van der Waals surface area contributed by atoms with Gasteiger partial charge in [0.25, 0.3) is 0 Å². The summed E-state index contributed by atoms with van der Waals surface area (Å²) in [6.45, 7) is 2.38. The number of aromatic nitrogens is 1. The van der Waals surface area contributed by atoms with Gasteiger partial charge in [0.05, 0.1) is 12.6 Å². The van der Waals surface area contributed by atoms with Gasteiger partial charge in [0.2, 0.25) is 5.91 Å². The number of nitrogens with one attached hydrogen (secondary N) is 1. The minimum atomic E-state index is -0.525. The third kappa shape index (κ3) is 4.15. The Bertz CT molecular complexity index is 539. The molecule has 1 atom stereocenters. The largest absolute Gasteiger partial charge is 0.348 e. The van der Waals surface area contributed by atoms with Gasteiger partial charge >= 0.3 is 0 Å². The zero-order chi connectivity index (χ0) is 13.7. The van der Waals surface area contributed by atoms with E-state index in [4.69, 9.17) is 5.73 Å². The predicted octanol–water partition coefficient (Wildman–Crippen LogP) is 1.64. The van der Waals surface area contributed by atoms with Crippen LogP contribution in [0.5, 0.6) is 0 Å². The molecule has 0 fully saturated rings. The summed E-state index contributed by atoms with van der Waals surface area (Å²) in [5.74, 6) is -0.142. The van der Waals surface area contributed by atoms with Crippen LogP contribution in [-0.4, -0.2) is 16.9 Å². The molecule has 4 nitrogen and oxygen atoms in total. The molecular formula is C14H17N3OS. The second-order valence-corrected chi connectivity index (χ2v) is 5.34. The molecule has 1 heterocycles. The van der Waals surface area contributed by atoms with E-state index in [1.54, 1.807) is 11.3 Å². The van der Waals surface area contributed by atoms with Gasteiger partial charge in [-0.15, -0.1) is 11.3 Å². The second kappa shape index (κ2) is 6.45. The van der Waals surface area contributed by atoms with Crippen molar-refractivity contribution < 1.29 is 4.79 Å². The molecule has 1 amide bonds. The molecule has 1 aromatic heterocycles. The molecule has 2 rings (SSSR count). The summed E-state index contributed by atoms with van der Waals surface area (Å²) < 4.78 is 0. The lowest BCUT2D eigenvalue weighted by Crippen LogP contribution is -2.41. The second-order valence-electron chi connectivity index (χ2n) is 4.40. The zero-order valence-corrected chi connectivity index (χ0v) is 11.6. The summed E-state index contributed by atoms with van der Waals surface area (Å²) in [6, 6.07) is 9.24. The highest BCUT2D eigenvalue weighted by molar-refractivity contribution is 7.09. The van der Waals surface area contributed by atoms with Crippen LogP contribution < -0.4 is 11.1 Å². The normalized spacial score (nSPS) is 12.1. The van der Waals surface area contributed by atoms with Crippen molar-refractivity contribution in [2.24, 2.45) is 5.73 Å². The molecule has 100 valence electrons. The first kappa shape index (κ1) is 13.7. The number of aryl methyl sites for hydroxylation is 1. The van der Waals surface area contributed by atoms with E-state index < -0.39 is 6.04 Å². The number of hydrogen-bond acceptors (Lipinski definition) is 4. The van der Waals surface area contributed by atoms with Crippen LogP contribution in [0.15, 0.2) is 35.7 Å². The van der Waals surface area contributed by atoms with E-state index in [-0.39, 0.29) is 5.91 Å². The van der Waals surface area contributed by atoms with Crippen molar-refractivity contribution >= 4 is 17.2 Å². The Morgan fingerprint density at radius 3 is 2.79 bits per heavy atom. The third-order valence-corrected chi connectivity index (χ3v) is 3.68. The number of hydrogen-bond donors (Lipinski definition) is 2. The predicted molar refractivity (Wildman–Crippen MR) is 76.8 cm³/mol. The Balaban J connectivity index is 1.82. The number of rotatable bonds is 5. The molecule has 3 N–H and O–H groups in total. The number of carbonyl (C=O) groups excluding carboxylic acids is 1. The summed E-state index contributed by atoms with van der Waals surface area (Å²) in [6.07, 6.45) is 0.545. The van der Waals surface area contributed by atoms with Gasteiger partial charge in [-0.3, -0.25) is 4.79 Å². The van der Waals surface area contributed by atoms with Crippen LogP contribution >= 0.6 is 11.3 Å². The molecule has 19 heavy (non-hydrogen) atoms. The average Bonchev–Trinajstić information content (AvgIpc) is 2.83. The first-order valence-electron chi connectivity index (χ1n) is 6.13. The molecule has 0 unspecified atom stereocenters. The first-order valence-corrected chi connectivity index (χ1v) is 7.01. The van der Waals surface area contributed by atoms with Gasteiger partial charge in [-0.25, -0.2) is 4.98 Å². The standard InChI is InChI=1S/C14H17N3OS/c1-10-9-19-13(17-10)8-16-14(18)12(15)7-11-5-3-2-4-6-11/h2-6,9,12H,7-8,15H2,1H3,(H,16,18)/t12-/m0/s1. The molecule has 0 bridgehead atoms. The fourth-order valence-electron chi connectivity index (χ4n) is 1.74. The fraction of sp³-hybridized carbons (Fsp3) is 0.286. The Morgan fingerprint density at radius 1 is 1.42 bits per heavy atom. The molecule has 0 aliphatic carbocycles. The van der Waals surface area contributed by atoms with E-state index in [1.165, 1.54) is 0 Å². The van der Waals surface area contributed by atoms with Crippen LogP contribution in [0.4, 0.5) is 0 Å². The van der Waals surface area contributed by atoms with E-state index in [1.807, 2.05) is 42.6 Å². The number of carbonyl (C=O) groups is 1. The number of benzene rings is 1. The Morgan fingerprint density at radius 2 is 2.16 bits per heavy atom. The van der Waals surface area contributed by atoms with E-state index in [9.17, 15) is 4.79 Å². The zero-order valence-electron chi connectivity index (χ0n) is 10.8. The number of thiazole rings is 1. The Hall–Kier alpha value is -1.72. The maximum atomic E-state index is 11.9. The van der Waals surface area contributed by atoms with Crippen molar-refractivity contribution in [3.8, 4) is 0 Å². The monoisotopic (exact) mass is 275 g/mol. The molecule has 5 heteroatoms. The van der Waals surface area contributed by atoms with Crippen LogP contribution in [0.3, 0.4) is 0 Å². The van der Waals surface area contributed by atoms with Gasteiger partial charge in [-0.2, -0.15) is 0 Å². The van der Waals surface area contributed by atoms with Crippen LogP contribution in [-0.2, 0) is 17.8 Å². The molecule has 0 saturated carbocycles. The van der Waals surface area contributed by atoms with Crippen molar-refractivity contribution in [3.05, 3.63) is 52.0 Å².